The van der Waals surface area contributed by atoms with Gasteiger partial charge in [0.15, 0.2) is 5.79 Å². The summed E-state index contributed by atoms with van der Waals surface area (Å²) in [5.41, 5.74) is 1.58. The standard InChI is InChI=1S/C20H20ClNO4/c1-20(2,25-3)26-17(13-7-6-8-14(21)11-13)12-22-18(23)15-9-4-5-10-16(15)19(22)24/h4-11,17H,12H2,1-3H3/t17-/m1/s1. The molecule has 2 amide bonds. The average Bonchev–Trinajstić information content (AvgIpc) is 2.86. The molecule has 6 heteroatoms. The third-order valence-electron chi connectivity index (χ3n) is 4.36. The third-order valence-corrected chi connectivity index (χ3v) is 4.60. The maximum Gasteiger partial charge on any atom is 0.261 e. The van der Waals surface area contributed by atoms with Gasteiger partial charge < -0.3 is 9.47 Å². The maximum atomic E-state index is 12.7. The fourth-order valence-corrected chi connectivity index (χ4v) is 3.08. The van der Waals surface area contributed by atoms with Crippen LogP contribution in [0.3, 0.4) is 0 Å². The van der Waals surface area contributed by atoms with Crippen molar-refractivity contribution in [2.24, 2.45) is 0 Å². The van der Waals surface area contributed by atoms with E-state index in [0.717, 1.165) is 5.56 Å². The highest BCUT2D eigenvalue weighted by molar-refractivity contribution is 6.30. The van der Waals surface area contributed by atoms with Crippen molar-refractivity contribution in [2.75, 3.05) is 13.7 Å². The summed E-state index contributed by atoms with van der Waals surface area (Å²) in [5.74, 6) is -1.54. The van der Waals surface area contributed by atoms with Gasteiger partial charge in [-0.15, -0.1) is 0 Å². The Morgan fingerprint density at radius 3 is 2.19 bits per heavy atom. The van der Waals surface area contributed by atoms with E-state index in [0.29, 0.717) is 16.1 Å². The minimum absolute atomic E-state index is 0.0689. The van der Waals surface area contributed by atoms with Gasteiger partial charge in [0.05, 0.1) is 17.7 Å². The van der Waals surface area contributed by atoms with E-state index in [-0.39, 0.29) is 18.4 Å². The van der Waals surface area contributed by atoms with Gasteiger partial charge in [-0.2, -0.15) is 0 Å². The van der Waals surface area contributed by atoms with Crippen LogP contribution in [-0.4, -0.2) is 36.2 Å². The molecule has 5 nitrogen and oxygen atoms in total. The molecule has 1 aliphatic heterocycles. The highest BCUT2D eigenvalue weighted by Gasteiger charge is 2.38. The number of imide groups is 1. The molecule has 1 atom stereocenters. The van der Waals surface area contributed by atoms with E-state index in [1.165, 1.54) is 12.0 Å². The first-order chi connectivity index (χ1) is 12.3. The van der Waals surface area contributed by atoms with E-state index in [1.807, 2.05) is 6.07 Å². The van der Waals surface area contributed by atoms with Crippen molar-refractivity contribution in [2.45, 2.75) is 25.7 Å². The maximum absolute atomic E-state index is 12.7. The van der Waals surface area contributed by atoms with Crippen molar-refractivity contribution in [3.05, 3.63) is 70.2 Å². The van der Waals surface area contributed by atoms with Crippen LogP contribution in [0.4, 0.5) is 0 Å². The minimum Gasteiger partial charge on any atom is -0.354 e. The largest absolute Gasteiger partial charge is 0.354 e. The van der Waals surface area contributed by atoms with Crippen LogP contribution in [0.15, 0.2) is 48.5 Å². The number of hydrogen-bond acceptors (Lipinski definition) is 4. The van der Waals surface area contributed by atoms with Crippen molar-refractivity contribution < 1.29 is 19.1 Å². The molecule has 0 bridgehead atoms. The highest BCUT2D eigenvalue weighted by Crippen LogP contribution is 2.31. The second-order valence-electron chi connectivity index (χ2n) is 6.53. The summed E-state index contributed by atoms with van der Waals surface area (Å²) in [6, 6.07) is 14.0. The second kappa shape index (κ2) is 7.19. The highest BCUT2D eigenvalue weighted by atomic mass is 35.5. The van der Waals surface area contributed by atoms with Gasteiger partial charge in [-0.25, -0.2) is 0 Å². The predicted molar refractivity (Wildman–Crippen MR) is 98.2 cm³/mol. The Hall–Kier alpha value is -2.21. The van der Waals surface area contributed by atoms with Crippen LogP contribution in [0.5, 0.6) is 0 Å². The number of rotatable bonds is 6. The summed E-state index contributed by atoms with van der Waals surface area (Å²) < 4.78 is 11.4. The van der Waals surface area contributed by atoms with E-state index in [2.05, 4.69) is 0 Å². The molecule has 2 aromatic rings. The van der Waals surface area contributed by atoms with E-state index in [4.69, 9.17) is 21.1 Å². The molecular formula is C20H20ClNO4. The molecule has 3 rings (SSSR count). The number of fused-ring (bicyclic) bond motifs is 1. The SMILES string of the molecule is COC(C)(C)O[C@H](CN1C(=O)c2ccccc2C1=O)c1cccc(Cl)c1. The van der Waals surface area contributed by atoms with E-state index in [9.17, 15) is 9.59 Å². The van der Waals surface area contributed by atoms with Crippen LogP contribution in [0.2, 0.25) is 5.02 Å². The van der Waals surface area contributed by atoms with E-state index < -0.39 is 11.9 Å². The topological polar surface area (TPSA) is 55.8 Å². The Labute approximate surface area is 157 Å². The number of ether oxygens (including phenoxy) is 2. The van der Waals surface area contributed by atoms with Crippen LogP contribution in [0.1, 0.15) is 46.2 Å². The molecule has 0 unspecified atom stereocenters. The van der Waals surface area contributed by atoms with Crippen molar-refractivity contribution in [3.8, 4) is 0 Å². The van der Waals surface area contributed by atoms with Crippen LogP contribution in [0, 0.1) is 0 Å². The Bertz CT molecular complexity index is 814. The number of nitrogens with zero attached hydrogens (tertiary/aromatic N) is 1. The molecule has 0 fully saturated rings. The van der Waals surface area contributed by atoms with Gasteiger partial charge in [0.1, 0.15) is 6.10 Å². The second-order valence-corrected chi connectivity index (χ2v) is 6.97. The first-order valence-corrected chi connectivity index (χ1v) is 8.64. The lowest BCUT2D eigenvalue weighted by molar-refractivity contribution is -0.226. The van der Waals surface area contributed by atoms with Crippen molar-refractivity contribution in [1.29, 1.82) is 0 Å². The first kappa shape index (κ1) is 18.6. The molecule has 0 aliphatic carbocycles. The first-order valence-electron chi connectivity index (χ1n) is 8.26. The molecule has 2 aromatic carbocycles. The Balaban J connectivity index is 1.91. The quantitative estimate of drug-likeness (QED) is 0.565. The Morgan fingerprint density at radius 2 is 1.65 bits per heavy atom. The summed E-state index contributed by atoms with van der Waals surface area (Å²) in [6.45, 7) is 3.61. The van der Waals surface area contributed by atoms with Gasteiger partial charge in [0, 0.05) is 12.1 Å². The molecule has 0 radical (unpaired) electrons. The Kier molecular flexibility index (Phi) is 5.14. The number of methoxy groups -OCH3 is 1. The fourth-order valence-electron chi connectivity index (χ4n) is 2.88. The lowest BCUT2D eigenvalue weighted by atomic mass is 10.1. The van der Waals surface area contributed by atoms with Crippen LogP contribution in [-0.2, 0) is 9.47 Å². The molecule has 0 N–H and O–H groups in total. The zero-order valence-electron chi connectivity index (χ0n) is 14.9. The molecule has 0 aromatic heterocycles. The number of benzene rings is 2. The number of amides is 2. The lowest BCUT2D eigenvalue weighted by Gasteiger charge is -2.31. The van der Waals surface area contributed by atoms with Crippen LogP contribution < -0.4 is 0 Å². The Morgan fingerprint density at radius 1 is 1.04 bits per heavy atom. The third kappa shape index (κ3) is 3.65. The van der Waals surface area contributed by atoms with E-state index in [1.54, 1.807) is 56.3 Å². The van der Waals surface area contributed by atoms with Gasteiger partial charge >= 0.3 is 0 Å². The molecule has 136 valence electrons. The summed E-state index contributed by atoms with van der Waals surface area (Å²) in [6.07, 6.45) is -0.578. The lowest BCUT2D eigenvalue weighted by Crippen LogP contribution is -2.38. The normalized spacial score (nSPS) is 15.3. The summed E-state index contributed by atoms with van der Waals surface area (Å²) in [5, 5.41) is 0.550. The molecule has 0 spiro atoms. The van der Waals surface area contributed by atoms with Crippen LogP contribution in [0.25, 0.3) is 0 Å². The zero-order valence-corrected chi connectivity index (χ0v) is 15.6. The number of carbonyl (C=O) groups excluding carboxylic acids is 2. The molecule has 1 heterocycles. The van der Waals surface area contributed by atoms with Crippen molar-refractivity contribution in [1.82, 2.24) is 4.90 Å². The smallest absolute Gasteiger partial charge is 0.261 e. The monoisotopic (exact) mass is 373 g/mol. The molecule has 0 saturated heterocycles. The average molecular weight is 374 g/mol. The molecular weight excluding hydrogens is 354 g/mol. The molecule has 0 saturated carbocycles. The van der Waals surface area contributed by atoms with Gasteiger partial charge in [0.2, 0.25) is 0 Å². The number of hydrogen-bond donors (Lipinski definition) is 0. The minimum atomic E-state index is -0.897. The number of halogens is 1. The van der Waals surface area contributed by atoms with Crippen LogP contribution >= 0.6 is 11.6 Å². The number of carbonyl (C=O) groups is 2. The predicted octanol–water partition coefficient (Wildman–Crippen LogP) is 4.08. The fraction of sp³-hybridized carbons (Fsp3) is 0.300. The van der Waals surface area contributed by atoms with Gasteiger partial charge in [-0.1, -0.05) is 35.9 Å². The molecule has 26 heavy (non-hydrogen) atoms. The summed E-state index contributed by atoms with van der Waals surface area (Å²) in [7, 11) is 1.54. The summed E-state index contributed by atoms with van der Waals surface area (Å²) >= 11 is 6.11. The molecule has 1 aliphatic rings. The van der Waals surface area contributed by atoms with Gasteiger partial charge in [-0.05, 0) is 43.7 Å². The summed E-state index contributed by atoms with van der Waals surface area (Å²) in [4.78, 5) is 26.5. The van der Waals surface area contributed by atoms with Gasteiger partial charge in [-0.3, -0.25) is 14.5 Å². The zero-order chi connectivity index (χ0) is 18.9. The van der Waals surface area contributed by atoms with E-state index >= 15 is 0 Å². The van der Waals surface area contributed by atoms with Crippen molar-refractivity contribution >= 4 is 23.4 Å². The van der Waals surface area contributed by atoms with Gasteiger partial charge in [0.25, 0.3) is 11.8 Å². The van der Waals surface area contributed by atoms with Crippen molar-refractivity contribution in [3.63, 3.8) is 0 Å².